The van der Waals surface area contributed by atoms with Gasteiger partial charge >= 0.3 is 0 Å². The minimum Gasteiger partial charge on any atom is -0.344 e. The van der Waals surface area contributed by atoms with E-state index in [1.165, 1.54) is 67.0 Å². The molecule has 0 unspecified atom stereocenters. The van der Waals surface area contributed by atoms with Crippen LogP contribution in [0.15, 0.2) is 35.7 Å². The Bertz CT molecular complexity index is 736. The highest BCUT2D eigenvalue weighted by Crippen LogP contribution is 2.22. The molecule has 1 fully saturated rings. The van der Waals surface area contributed by atoms with Crippen LogP contribution in [0.3, 0.4) is 0 Å². The molecule has 0 atom stereocenters. The van der Waals surface area contributed by atoms with Gasteiger partial charge in [0.15, 0.2) is 5.11 Å². The number of anilines is 1. The summed E-state index contributed by atoms with van der Waals surface area (Å²) in [6.45, 7) is 10.2. The van der Waals surface area contributed by atoms with Crippen molar-refractivity contribution in [2.75, 3.05) is 31.5 Å². The van der Waals surface area contributed by atoms with Crippen molar-refractivity contribution in [2.45, 2.75) is 52.5 Å². The smallest absolute Gasteiger partial charge is 0.173 e. The van der Waals surface area contributed by atoms with Gasteiger partial charge in [-0.05, 0) is 67.4 Å². The Morgan fingerprint density at radius 2 is 2.00 bits per heavy atom. The number of likely N-dealkylation sites (tertiary alicyclic amines) is 1. The second-order valence-electron chi connectivity index (χ2n) is 7.81. The molecule has 1 aromatic heterocycles. The van der Waals surface area contributed by atoms with Crippen molar-refractivity contribution >= 4 is 34.4 Å². The molecule has 2 N–H and O–H groups in total. The van der Waals surface area contributed by atoms with Gasteiger partial charge in [0.05, 0.1) is 26.2 Å². The van der Waals surface area contributed by atoms with Crippen LogP contribution in [0.5, 0.6) is 0 Å². The Hall–Kier alpha value is -1.43. The molecule has 0 saturated carbocycles. The summed E-state index contributed by atoms with van der Waals surface area (Å²) < 4.78 is 0. The van der Waals surface area contributed by atoms with Crippen LogP contribution in [0.4, 0.5) is 5.69 Å². The van der Waals surface area contributed by atoms with Crippen molar-refractivity contribution in [2.24, 2.45) is 0 Å². The summed E-state index contributed by atoms with van der Waals surface area (Å²) in [6.07, 6.45) is 6.40. The average Bonchev–Trinajstić information content (AvgIpc) is 3.22. The predicted molar refractivity (Wildman–Crippen MR) is 126 cm³/mol. The lowest BCUT2D eigenvalue weighted by atomic mass is 10.1. The van der Waals surface area contributed by atoms with Crippen LogP contribution in [0, 0.1) is 6.92 Å². The Balaban J connectivity index is 1.64. The van der Waals surface area contributed by atoms with Gasteiger partial charge in [0.2, 0.25) is 0 Å². The van der Waals surface area contributed by atoms with Crippen LogP contribution in [0.2, 0.25) is 0 Å². The number of aryl methyl sites for hydroxylation is 2. The number of nitrogens with zero attached hydrogens (tertiary/aromatic N) is 1. The topological polar surface area (TPSA) is 19.7 Å². The van der Waals surface area contributed by atoms with Crippen molar-refractivity contribution in [1.29, 1.82) is 0 Å². The highest BCUT2D eigenvalue weighted by molar-refractivity contribution is 7.80. The summed E-state index contributed by atoms with van der Waals surface area (Å²) >= 11 is 7.69. The zero-order chi connectivity index (χ0) is 19.8. The Labute approximate surface area is 179 Å². The number of hydrogen-bond acceptors (Lipinski definition) is 2. The normalized spacial score (nSPS) is 14.8. The molecule has 3 nitrogen and oxygen atoms in total. The second kappa shape index (κ2) is 10.9. The number of benzene rings is 1. The zero-order valence-electron chi connectivity index (χ0n) is 17.3. The predicted octanol–water partition coefficient (Wildman–Crippen LogP) is 4.28. The molecule has 5 heteroatoms. The lowest BCUT2D eigenvalue weighted by molar-refractivity contribution is -0.905. The van der Waals surface area contributed by atoms with Gasteiger partial charge in [0.1, 0.15) is 0 Å². The molecule has 1 aromatic carbocycles. The monoisotopic (exact) mass is 416 g/mol. The third kappa shape index (κ3) is 6.03. The number of nitrogens with one attached hydrogen (secondary N) is 2. The molecule has 28 heavy (non-hydrogen) atoms. The van der Waals surface area contributed by atoms with Gasteiger partial charge in [-0.15, -0.1) is 11.3 Å². The second-order valence-corrected chi connectivity index (χ2v) is 9.23. The lowest BCUT2D eigenvalue weighted by Crippen LogP contribution is -3.12. The van der Waals surface area contributed by atoms with E-state index in [4.69, 9.17) is 12.2 Å². The Morgan fingerprint density at radius 1 is 1.18 bits per heavy atom. The lowest BCUT2D eigenvalue weighted by Gasteiger charge is -2.28. The molecular weight excluding hydrogens is 382 g/mol. The van der Waals surface area contributed by atoms with E-state index in [1.54, 1.807) is 4.90 Å². The Kier molecular flexibility index (Phi) is 8.31. The molecule has 1 aliphatic rings. The van der Waals surface area contributed by atoms with Crippen molar-refractivity contribution in [3.8, 4) is 0 Å². The summed E-state index contributed by atoms with van der Waals surface area (Å²) in [5.74, 6) is 0. The first kappa shape index (κ1) is 21.3. The first-order valence-corrected chi connectivity index (χ1v) is 12.0. The standard InChI is InChI=1S/C23H33N3S2/c1-3-20-11-7-10-19(2)22(20)24-23(27)26(18-21-12-8-17-28-21)16-9-15-25-13-5-4-6-14-25/h7-8,10-12,17H,3-6,9,13-16,18H2,1-2H3,(H,24,27)/p+1. The number of hydrogen-bond donors (Lipinski definition) is 2. The maximum atomic E-state index is 5.88. The number of para-hydroxylation sites is 1. The van der Waals surface area contributed by atoms with Gasteiger partial charge in [-0.2, -0.15) is 0 Å². The molecule has 0 bridgehead atoms. The van der Waals surface area contributed by atoms with Crippen molar-refractivity contribution in [1.82, 2.24) is 4.90 Å². The van der Waals surface area contributed by atoms with E-state index in [9.17, 15) is 0 Å². The van der Waals surface area contributed by atoms with E-state index < -0.39 is 0 Å². The molecule has 0 radical (unpaired) electrons. The maximum absolute atomic E-state index is 5.88. The largest absolute Gasteiger partial charge is 0.344 e. The summed E-state index contributed by atoms with van der Waals surface area (Å²) in [4.78, 5) is 5.50. The molecule has 1 saturated heterocycles. The first-order chi connectivity index (χ1) is 13.7. The highest BCUT2D eigenvalue weighted by atomic mass is 32.1. The van der Waals surface area contributed by atoms with E-state index in [0.717, 1.165) is 24.6 Å². The van der Waals surface area contributed by atoms with Gasteiger partial charge in [-0.3, -0.25) is 0 Å². The zero-order valence-corrected chi connectivity index (χ0v) is 18.9. The number of thiophene rings is 1. The van der Waals surface area contributed by atoms with Crippen LogP contribution in [-0.4, -0.2) is 36.2 Å². The van der Waals surface area contributed by atoms with Crippen molar-refractivity contribution in [3.05, 3.63) is 51.7 Å². The van der Waals surface area contributed by atoms with Gasteiger partial charge in [0, 0.05) is 23.5 Å². The minimum absolute atomic E-state index is 0.853. The number of piperidine rings is 1. The van der Waals surface area contributed by atoms with E-state index in [0.29, 0.717) is 0 Å². The average molecular weight is 417 g/mol. The molecule has 2 heterocycles. The number of rotatable bonds is 8. The third-order valence-corrected chi connectivity index (χ3v) is 6.93. The van der Waals surface area contributed by atoms with Gasteiger partial charge in [0.25, 0.3) is 0 Å². The molecule has 2 aromatic rings. The van der Waals surface area contributed by atoms with Crippen LogP contribution >= 0.6 is 23.6 Å². The molecule has 0 amide bonds. The molecule has 3 rings (SSSR count). The van der Waals surface area contributed by atoms with Gasteiger partial charge in [-0.1, -0.05) is 31.2 Å². The maximum Gasteiger partial charge on any atom is 0.173 e. The van der Waals surface area contributed by atoms with Gasteiger partial charge in [-0.25, -0.2) is 0 Å². The highest BCUT2D eigenvalue weighted by Gasteiger charge is 2.17. The van der Waals surface area contributed by atoms with Crippen LogP contribution < -0.4 is 10.2 Å². The van der Waals surface area contributed by atoms with E-state index >= 15 is 0 Å². The quantitative estimate of drug-likeness (QED) is 0.627. The molecule has 1 aliphatic heterocycles. The fourth-order valence-electron chi connectivity index (χ4n) is 4.05. The SMILES string of the molecule is CCc1cccc(C)c1NC(=S)N(CCC[NH+]1CCCCC1)Cc1cccs1. The molecule has 152 valence electrons. The summed E-state index contributed by atoms with van der Waals surface area (Å²) in [6, 6.07) is 10.8. The first-order valence-electron chi connectivity index (χ1n) is 10.7. The summed E-state index contributed by atoms with van der Waals surface area (Å²) in [7, 11) is 0. The van der Waals surface area contributed by atoms with Crippen LogP contribution in [-0.2, 0) is 13.0 Å². The molecular formula is C23H34N3S2+. The van der Waals surface area contributed by atoms with E-state index in [2.05, 4.69) is 59.8 Å². The molecule has 0 aliphatic carbocycles. The van der Waals surface area contributed by atoms with Crippen LogP contribution in [0.1, 0.15) is 48.6 Å². The summed E-state index contributed by atoms with van der Waals surface area (Å²) in [5.41, 5.74) is 3.78. The third-order valence-electron chi connectivity index (χ3n) is 5.70. The van der Waals surface area contributed by atoms with E-state index in [-0.39, 0.29) is 0 Å². The Morgan fingerprint density at radius 3 is 2.71 bits per heavy atom. The van der Waals surface area contributed by atoms with E-state index in [1.807, 2.05) is 11.3 Å². The van der Waals surface area contributed by atoms with Crippen LogP contribution in [0.25, 0.3) is 0 Å². The fourth-order valence-corrected chi connectivity index (χ4v) is 5.03. The van der Waals surface area contributed by atoms with Crippen molar-refractivity contribution < 1.29 is 4.90 Å². The number of quaternary nitrogens is 1. The van der Waals surface area contributed by atoms with Crippen molar-refractivity contribution in [3.63, 3.8) is 0 Å². The molecule has 0 spiro atoms. The minimum atomic E-state index is 0.853. The summed E-state index contributed by atoms with van der Waals surface area (Å²) in [5, 5.41) is 6.59. The van der Waals surface area contributed by atoms with Gasteiger partial charge < -0.3 is 15.1 Å². The fraction of sp³-hybridized carbons (Fsp3) is 0.522. The number of thiocarbonyl (C=S) groups is 1.